The fourth-order valence-electron chi connectivity index (χ4n) is 4.76. The Bertz CT molecular complexity index is 1020. The molecule has 1 aromatic heterocycles. The standard InChI is InChI=1S/C24H29FN4O3/c1-3-10-29-15-19(17(2)26-29)14-28-11-4-9-24(16-28,23(30)31)13-21-12-22(27-32-21)18-5-7-20(25)8-6-18/h3,5-8,15,21H,1,4,9-14,16H2,2H3,(H,30,31)/t21-,24+/m0/s1. The number of piperidine rings is 1. The molecule has 4 rings (SSSR count). The van der Waals surface area contributed by atoms with Crippen LogP contribution in [0, 0.1) is 18.2 Å². The van der Waals surface area contributed by atoms with E-state index < -0.39 is 11.4 Å². The van der Waals surface area contributed by atoms with Gasteiger partial charge in [0.2, 0.25) is 0 Å². The summed E-state index contributed by atoms with van der Waals surface area (Å²) in [7, 11) is 0. The maximum atomic E-state index is 13.2. The number of allylic oxidation sites excluding steroid dienone is 1. The first-order valence-electron chi connectivity index (χ1n) is 11.0. The molecule has 0 bridgehead atoms. The summed E-state index contributed by atoms with van der Waals surface area (Å²) in [6, 6.07) is 6.12. The van der Waals surface area contributed by atoms with E-state index in [4.69, 9.17) is 4.84 Å². The first-order chi connectivity index (χ1) is 15.4. The van der Waals surface area contributed by atoms with Gasteiger partial charge in [-0.2, -0.15) is 5.10 Å². The molecule has 32 heavy (non-hydrogen) atoms. The van der Waals surface area contributed by atoms with Gasteiger partial charge in [-0.25, -0.2) is 4.39 Å². The second-order valence-corrected chi connectivity index (χ2v) is 8.83. The number of hydrogen-bond acceptors (Lipinski definition) is 5. The van der Waals surface area contributed by atoms with E-state index in [0.29, 0.717) is 38.9 Å². The highest BCUT2D eigenvalue weighted by molar-refractivity contribution is 6.01. The highest BCUT2D eigenvalue weighted by atomic mass is 19.1. The molecule has 1 N–H and O–H groups in total. The van der Waals surface area contributed by atoms with Crippen molar-refractivity contribution in [2.24, 2.45) is 10.6 Å². The van der Waals surface area contributed by atoms with E-state index in [9.17, 15) is 14.3 Å². The van der Waals surface area contributed by atoms with Crippen LogP contribution < -0.4 is 0 Å². The van der Waals surface area contributed by atoms with Gasteiger partial charge in [-0.3, -0.25) is 14.4 Å². The Morgan fingerprint density at radius 1 is 1.41 bits per heavy atom. The normalized spacial score (nSPS) is 23.6. The summed E-state index contributed by atoms with van der Waals surface area (Å²) in [5.41, 5.74) is 2.70. The number of carboxylic acids is 1. The molecule has 0 radical (unpaired) electrons. The molecule has 2 aromatic rings. The minimum Gasteiger partial charge on any atom is -0.481 e. The Balaban J connectivity index is 1.42. The molecule has 8 heteroatoms. The Hall–Kier alpha value is -3.00. The van der Waals surface area contributed by atoms with Gasteiger partial charge in [-0.05, 0) is 44.0 Å². The molecule has 0 aliphatic carbocycles. The van der Waals surface area contributed by atoms with Crippen molar-refractivity contribution in [1.29, 1.82) is 0 Å². The molecule has 7 nitrogen and oxygen atoms in total. The number of aryl methyl sites for hydroxylation is 1. The second kappa shape index (κ2) is 9.24. The minimum absolute atomic E-state index is 0.303. The third-order valence-electron chi connectivity index (χ3n) is 6.40. The van der Waals surface area contributed by atoms with Gasteiger partial charge in [0.25, 0.3) is 0 Å². The number of oxime groups is 1. The monoisotopic (exact) mass is 440 g/mol. The fraction of sp³-hybridized carbons (Fsp3) is 0.458. The summed E-state index contributed by atoms with van der Waals surface area (Å²) in [5.74, 6) is -1.10. The van der Waals surface area contributed by atoms with Crippen LogP contribution in [-0.2, 0) is 22.7 Å². The summed E-state index contributed by atoms with van der Waals surface area (Å²) < 4.78 is 15.1. The maximum Gasteiger partial charge on any atom is 0.311 e. The molecule has 2 aliphatic rings. The predicted molar refractivity (Wildman–Crippen MR) is 119 cm³/mol. The summed E-state index contributed by atoms with van der Waals surface area (Å²) in [5, 5.41) is 18.9. The van der Waals surface area contributed by atoms with E-state index in [1.165, 1.54) is 12.1 Å². The molecule has 3 heterocycles. The van der Waals surface area contributed by atoms with Gasteiger partial charge >= 0.3 is 5.97 Å². The molecule has 1 saturated heterocycles. The van der Waals surface area contributed by atoms with Crippen LogP contribution in [0.2, 0.25) is 0 Å². The number of carbonyl (C=O) groups is 1. The number of hydrogen-bond donors (Lipinski definition) is 1. The Kier molecular flexibility index (Phi) is 6.41. The Morgan fingerprint density at radius 2 is 2.19 bits per heavy atom. The maximum absolute atomic E-state index is 13.2. The lowest BCUT2D eigenvalue weighted by Gasteiger charge is -2.40. The molecule has 2 aliphatic heterocycles. The Morgan fingerprint density at radius 3 is 2.91 bits per heavy atom. The van der Waals surface area contributed by atoms with Crippen molar-refractivity contribution in [3.05, 3.63) is 65.8 Å². The van der Waals surface area contributed by atoms with Crippen LogP contribution in [0.3, 0.4) is 0 Å². The number of aliphatic carboxylic acids is 1. The SMILES string of the molecule is C=CCn1cc(CN2CCC[C@](C[C@@H]3CC(c4ccc(F)cc4)=NO3)(C(=O)O)C2)c(C)n1. The van der Waals surface area contributed by atoms with E-state index in [0.717, 1.165) is 35.5 Å². The number of nitrogens with zero attached hydrogens (tertiary/aromatic N) is 4. The number of likely N-dealkylation sites (tertiary alicyclic amines) is 1. The molecule has 170 valence electrons. The Labute approximate surface area is 187 Å². The van der Waals surface area contributed by atoms with E-state index in [1.54, 1.807) is 18.2 Å². The van der Waals surface area contributed by atoms with Gasteiger partial charge in [0.05, 0.1) is 23.4 Å². The quantitative estimate of drug-likeness (QED) is 0.632. The smallest absolute Gasteiger partial charge is 0.311 e. The van der Waals surface area contributed by atoms with Crippen LogP contribution in [0.15, 0.2) is 48.3 Å². The average molecular weight is 441 g/mol. The van der Waals surface area contributed by atoms with Gasteiger partial charge in [-0.1, -0.05) is 23.4 Å². The lowest BCUT2D eigenvalue weighted by molar-refractivity contribution is -0.156. The van der Waals surface area contributed by atoms with Crippen LogP contribution in [0.4, 0.5) is 4.39 Å². The first-order valence-corrected chi connectivity index (χ1v) is 11.0. The fourth-order valence-corrected chi connectivity index (χ4v) is 4.76. The molecule has 2 atom stereocenters. The van der Waals surface area contributed by atoms with Crippen molar-refractivity contribution in [1.82, 2.24) is 14.7 Å². The summed E-state index contributed by atoms with van der Waals surface area (Å²) in [6.45, 7) is 8.35. The molecule has 1 aromatic carbocycles. The third kappa shape index (κ3) is 4.75. The first kappa shape index (κ1) is 22.2. The summed E-state index contributed by atoms with van der Waals surface area (Å²) in [6.07, 6.45) is 5.84. The molecule has 0 saturated carbocycles. The highest BCUT2D eigenvalue weighted by Crippen LogP contribution is 2.38. The summed E-state index contributed by atoms with van der Waals surface area (Å²) in [4.78, 5) is 20.2. The predicted octanol–water partition coefficient (Wildman–Crippen LogP) is 3.77. The number of aromatic nitrogens is 2. The second-order valence-electron chi connectivity index (χ2n) is 8.83. The number of benzene rings is 1. The molecule has 0 unspecified atom stereocenters. The van der Waals surface area contributed by atoms with E-state index in [1.807, 2.05) is 17.8 Å². The number of rotatable bonds is 8. The third-order valence-corrected chi connectivity index (χ3v) is 6.40. The van der Waals surface area contributed by atoms with Crippen molar-refractivity contribution >= 4 is 11.7 Å². The zero-order valence-electron chi connectivity index (χ0n) is 18.3. The van der Waals surface area contributed by atoms with Gasteiger partial charge in [0, 0.05) is 37.7 Å². The van der Waals surface area contributed by atoms with Crippen molar-refractivity contribution in [3.63, 3.8) is 0 Å². The topological polar surface area (TPSA) is 80.0 Å². The van der Waals surface area contributed by atoms with Crippen molar-refractivity contribution in [3.8, 4) is 0 Å². The van der Waals surface area contributed by atoms with Crippen molar-refractivity contribution in [2.45, 2.75) is 51.8 Å². The molecular weight excluding hydrogens is 411 g/mol. The summed E-state index contributed by atoms with van der Waals surface area (Å²) >= 11 is 0. The van der Waals surface area contributed by atoms with Crippen LogP contribution in [0.25, 0.3) is 0 Å². The van der Waals surface area contributed by atoms with Gasteiger partial charge in [0.15, 0.2) is 0 Å². The number of carboxylic acid groups (broad SMARTS) is 1. The van der Waals surface area contributed by atoms with E-state index >= 15 is 0 Å². The molecule has 1 fully saturated rings. The van der Waals surface area contributed by atoms with Crippen molar-refractivity contribution in [2.75, 3.05) is 13.1 Å². The molecule has 0 spiro atoms. The molecule has 0 amide bonds. The van der Waals surface area contributed by atoms with Gasteiger partial charge < -0.3 is 9.94 Å². The van der Waals surface area contributed by atoms with Gasteiger partial charge in [-0.15, -0.1) is 6.58 Å². The number of halogens is 1. The van der Waals surface area contributed by atoms with E-state index in [2.05, 4.69) is 21.7 Å². The lowest BCUT2D eigenvalue weighted by Crippen LogP contribution is -2.49. The molecular formula is C24H29FN4O3. The van der Waals surface area contributed by atoms with Crippen LogP contribution in [0.5, 0.6) is 0 Å². The van der Waals surface area contributed by atoms with Gasteiger partial charge in [0.1, 0.15) is 11.9 Å². The highest BCUT2D eigenvalue weighted by Gasteiger charge is 2.45. The minimum atomic E-state index is -0.887. The van der Waals surface area contributed by atoms with Crippen LogP contribution in [-0.4, -0.2) is 50.7 Å². The van der Waals surface area contributed by atoms with Crippen LogP contribution in [0.1, 0.15) is 42.5 Å². The lowest BCUT2D eigenvalue weighted by atomic mass is 9.74. The van der Waals surface area contributed by atoms with Crippen LogP contribution >= 0.6 is 0 Å². The average Bonchev–Trinajstić information content (AvgIpc) is 3.35. The van der Waals surface area contributed by atoms with E-state index in [-0.39, 0.29) is 11.9 Å². The zero-order valence-corrected chi connectivity index (χ0v) is 18.3. The van der Waals surface area contributed by atoms with Crippen molar-refractivity contribution < 1.29 is 19.1 Å². The largest absolute Gasteiger partial charge is 0.481 e. The zero-order chi connectivity index (χ0) is 22.7.